The van der Waals surface area contributed by atoms with E-state index in [1.54, 1.807) is 24.5 Å². The van der Waals surface area contributed by atoms with Gasteiger partial charge in [0.05, 0.1) is 44.0 Å². The van der Waals surface area contributed by atoms with Gasteiger partial charge in [-0.05, 0) is 12.1 Å². The van der Waals surface area contributed by atoms with Gasteiger partial charge in [-0.25, -0.2) is 0 Å². The van der Waals surface area contributed by atoms with Crippen molar-refractivity contribution >= 4 is 38.7 Å². The second-order valence-corrected chi connectivity index (χ2v) is 4.70. The molecule has 0 amide bonds. The van der Waals surface area contributed by atoms with Gasteiger partial charge in [0.2, 0.25) is 0 Å². The second kappa shape index (κ2) is 4.22. The van der Waals surface area contributed by atoms with Gasteiger partial charge in [-0.2, -0.15) is 8.81 Å². The molecule has 3 aromatic rings. The number of nitrogens with zero attached hydrogens (tertiary/aromatic N) is 4. The molecular weight excluding hydrogens is 320 g/mol. The van der Waals surface area contributed by atoms with Crippen LogP contribution in [0.5, 0.6) is 0 Å². The molecule has 0 saturated carbocycles. The van der Waals surface area contributed by atoms with Crippen molar-refractivity contribution < 1.29 is 0 Å². The quantitative estimate of drug-likeness (QED) is 0.690. The standard InChI is InChI=1S/C11H6BrClN4O/c12-17-9-2-4-16(11(18)7(9)5-15-17)10-1-3-14-6-8(10)13/h1-6H. The first-order valence-corrected chi connectivity index (χ1v) is 6.12. The molecule has 0 fully saturated rings. The van der Waals surface area contributed by atoms with Crippen LogP contribution in [0.25, 0.3) is 16.6 Å². The van der Waals surface area contributed by atoms with Crippen molar-refractivity contribution in [2.24, 2.45) is 0 Å². The van der Waals surface area contributed by atoms with Crippen molar-refractivity contribution in [3.8, 4) is 5.69 Å². The molecule has 0 aliphatic rings. The molecule has 0 radical (unpaired) electrons. The van der Waals surface area contributed by atoms with E-state index in [0.717, 1.165) is 0 Å². The summed E-state index contributed by atoms with van der Waals surface area (Å²) in [5, 5.41) is 4.93. The molecule has 0 aliphatic heterocycles. The van der Waals surface area contributed by atoms with Gasteiger partial charge in [0, 0.05) is 18.6 Å². The molecule has 3 aromatic heterocycles. The molecule has 0 spiro atoms. The smallest absolute Gasteiger partial charge is 0.266 e. The summed E-state index contributed by atoms with van der Waals surface area (Å²) in [6.45, 7) is 0. The highest BCUT2D eigenvalue weighted by atomic mass is 79.9. The molecule has 0 saturated heterocycles. The lowest BCUT2D eigenvalue weighted by molar-refractivity contribution is 1.00. The van der Waals surface area contributed by atoms with Gasteiger partial charge in [0.1, 0.15) is 0 Å². The maximum Gasteiger partial charge on any atom is 0.266 e. The summed E-state index contributed by atoms with van der Waals surface area (Å²) in [4.78, 5) is 16.2. The van der Waals surface area contributed by atoms with Crippen molar-refractivity contribution in [3.05, 3.63) is 52.3 Å². The Morgan fingerprint density at radius 2 is 2.11 bits per heavy atom. The monoisotopic (exact) mass is 324 g/mol. The van der Waals surface area contributed by atoms with Crippen molar-refractivity contribution in [2.75, 3.05) is 0 Å². The van der Waals surface area contributed by atoms with Crippen LogP contribution in [-0.4, -0.2) is 18.4 Å². The third-order valence-electron chi connectivity index (χ3n) is 2.60. The Kier molecular flexibility index (Phi) is 2.68. The minimum Gasteiger partial charge on any atom is -0.282 e. The van der Waals surface area contributed by atoms with E-state index in [0.29, 0.717) is 21.6 Å². The normalized spacial score (nSPS) is 11.0. The topological polar surface area (TPSA) is 52.7 Å². The zero-order valence-corrected chi connectivity index (χ0v) is 11.3. The molecule has 90 valence electrons. The highest BCUT2D eigenvalue weighted by Gasteiger charge is 2.10. The fourth-order valence-electron chi connectivity index (χ4n) is 1.75. The number of halogens is 2. The molecule has 5 nitrogen and oxygen atoms in total. The van der Waals surface area contributed by atoms with Gasteiger partial charge in [-0.15, -0.1) is 0 Å². The Balaban J connectivity index is 2.35. The van der Waals surface area contributed by atoms with Gasteiger partial charge < -0.3 is 0 Å². The summed E-state index contributed by atoms with van der Waals surface area (Å²) in [6, 6.07) is 3.48. The predicted molar refractivity (Wildman–Crippen MR) is 72.5 cm³/mol. The number of aromatic nitrogens is 4. The summed E-state index contributed by atoms with van der Waals surface area (Å²) < 4.78 is 2.95. The Bertz CT molecular complexity index is 795. The van der Waals surface area contributed by atoms with E-state index in [4.69, 9.17) is 11.6 Å². The van der Waals surface area contributed by atoms with Crippen LogP contribution in [0.3, 0.4) is 0 Å². The fourth-order valence-corrected chi connectivity index (χ4v) is 2.36. The Morgan fingerprint density at radius 1 is 1.28 bits per heavy atom. The maximum absolute atomic E-state index is 12.3. The molecule has 0 aliphatic carbocycles. The van der Waals surface area contributed by atoms with Crippen LogP contribution < -0.4 is 5.56 Å². The number of hydrogen-bond acceptors (Lipinski definition) is 3. The van der Waals surface area contributed by atoms with Gasteiger partial charge >= 0.3 is 0 Å². The van der Waals surface area contributed by atoms with E-state index in [9.17, 15) is 4.79 Å². The molecule has 0 N–H and O–H groups in total. The van der Waals surface area contributed by atoms with Crippen molar-refractivity contribution in [1.82, 2.24) is 18.4 Å². The first-order valence-electron chi connectivity index (χ1n) is 5.04. The lowest BCUT2D eigenvalue weighted by atomic mass is 10.3. The molecular formula is C11H6BrClN4O. The number of fused-ring (bicyclic) bond motifs is 1. The summed E-state index contributed by atoms with van der Waals surface area (Å²) in [5.41, 5.74) is 1.13. The van der Waals surface area contributed by atoms with E-state index in [2.05, 4.69) is 26.2 Å². The van der Waals surface area contributed by atoms with E-state index in [1.807, 2.05) is 0 Å². The molecule has 18 heavy (non-hydrogen) atoms. The van der Waals surface area contributed by atoms with Gasteiger partial charge in [-0.1, -0.05) is 11.6 Å². The van der Waals surface area contributed by atoms with E-state index >= 15 is 0 Å². The lowest BCUT2D eigenvalue weighted by Gasteiger charge is -2.06. The summed E-state index contributed by atoms with van der Waals surface area (Å²) in [7, 11) is 0. The predicted octanol–water partition coefficient (Wildman–Crippen LogP) is 2.39. The Labute approximate surface area is 115 Å². The maximum atomic E-state index is 12.3. The minimum atomic E-state index is -0.175. The first kappa shape index (κ1) is 11.4. The van der Waals surface area contributed by atoms with Crippen LogP contribution in [0.15, 0.2) is 41.7 Å². The molecule has 7 heteroatoms. The average Bonchev–Trinajstić information content (AvgIpc) is 2.74. The van der Waals surface area contributed by atoms with E-state index in [-0.39, 0.29) is 5.56 Å². The average molecular weight is 326 g/mol. The molecule has 3 heterocycles. The first-order chi connectivity index (χ1) is 8.68. The molecule has 0 bridgehead atoms. The number of rotatable bonds is 1. The summed E-state index contributed by atoms with van der Waals surface area (Å²) >= 11 is 9.25. The van der Waals surface area contributed by atoms with E-state index < -0.39 is 0 Å². The number of hydrogen-bond donors (Lipinski definition) is 0. The SMILES string of the molecule is O=c1c2cnn(Br)c2ccn1-c1ccncc1Cl. The third-order valence-corrected chi connectivity index (χ3v) is 3.46. The van der Waals surface area contributed by atoms with Crippen LogP contribution in [0.1, 0.15) is 0 Å². The number of pyridine rings is 2. The van der Waals surface area contributed by atoms with Crippen LogP contribution >= 0.6 is 27.7 Å². The Morgan fingerprint density at radius 3 is 2.89 bits per heavy atom. The van der Waals surface area contributed by atoms with Gasteiger partial charge in [-0.3, -0.25) is 14.3 Å². The largest absolute Gasteiger partial charge is 0.282 e. The van der Waals surface area contributed by atoms with Crippen LogP contribution in [0, 0.1) is 0 Å². The van der Waals surface area contributed by atoms with Crippen molar-refractivity contribution in [1.29, 1.82) is 0 Å². The Hall–Kier alpha value is -1.66. The van der Waals surface area contributed by atoms with Crippen molar-refractivity contribution in [2.45, 2.75) is 0 Å². The van der Waals surface area contributed by atoms with Gasteiger partial charge in [0.25, 0.3) is 5.56 Å². The third kappa shape index (κ3) is 1.65. The van der Waals surface area contributed by atoms with Crippen LogP contribution in [-0.2, 0) is 0 Å². The summed E-state index contributed by atoms with van der Waals surface area (Å²) in [5.74, 6) is 0. The molecule has 3 rings (SSSR count). The zero-order chi connectivity index (χ0) is 12.7. The second-order valence-electron chi connectivity index (χ2n) is 3.62. The molecule has 0 unspecified atom stereocenters. The van der Waals surface area contributed by atoms with Crippen molar-refractivity contribution in [3.63, 3.8) is 0 Å². The lowest BCUT2D eigenvalue weighted by Crippen LogP contribution is -2.17. The fraction of sp³-hybridized carbons (Fsp3) is 0. The molecule has 0 aromatic carbocycles. The summed E-state index contributed by atoms with van der Waals surface area (Å²) in [6.07, 6.45) is 6.26. The van der Waals surface area contributed by atoms with E-state index in [1.165, 1.54) is 20.7 Å². The van der Waals surface area contributed by atoms with Gasteiger partial charge in [0.15, 0.2) is 0 Å². The highest BCUT2D eigenvalue weighted by Crippen LogP contribution is 2.18. The van der Waals surface area contributed by atoms with Crippen LogP contribution in [0.4, 0.5) is 0 Å². The minimum absolute atomic E-state index is 0.175. The zero-order valence-electron chi connectivity index (χ0n) is 8.92. The van der Waals surface area contributed by atoms with Crippen LogP contribution in [0.2, 0.25) is 5.02 Å². The molecule has 0 atom stereocenters. The highest BCUT2D eigenvalue weighted by molar-refractivity contribution is 9.08.